The van der Waals surface area contributed by atoms with Gasteiger partial charge in [-0.2, -0.15) is 0 Å². The van der Waals surface area contributed by atoms with Crippen LogP contribution in [0.2, 0.25) is 0 Å². The molecule has 26 heavy (non-hydrogen) atoms. The monoisotopic (exact) mass is 349 g/mol. The normalized spacial score (nSPS) is 12.2. The lowest BCUT2D eigenvalue weighted by Crippen LogP contribution is -2.35. The average molecular weight is 350 g/mol. The number of fused-ring (bicyclic) bond motifs is 1. The van der Waals surface area contributed by atoms with Crippen LogP contribution >= 0.6 is 0 Å². The Bertz CT molecular complexity index is 952. The van der Waals surface area contributed by atoms with Gasteiger partial charge in [0.05, 0.1) is 11.0 Å². The van der Waals surface area contributed by atoms with E-state index in [1.165, 1.54) is 33.4 Å². The van der Waals surface area contributed by atoms with Gasteiger partial charge in [0.25, 0.3) is 0 Å². The second-order valence-corrected chi connectivity index (χ2v) is 7.80. The van der Waals surface area contributed by atoms with Crippen molar-refractivity contribution >= 4 is 11.0 Å². The van der Waals surface area contributed by atoms with E-state index in [1.807, 2.05) is 0 Å². The number of pyridine rings is 1. The molecule has 2 N–H and O–H groups in total. The van der Waals surface area contributed by atoms with E-state index >= 15 is 0 Å². The van der Waals surface area contributed by atoms with Crippen LogP contribution < -0.4 is 5.73 Å². The van der Waals surface area contributed by atoms with Crippen molar-refractivity contribution in [2.75, 3.05) is 0 Å². The Kier molecular flexibility index (Phi) is 4.70. The number of aromatic nitrogens is 2. The van der Waals surface area contributed by atoms with Crippen molar-refractivity contribution in [2.24, 2.45) is 12.8 Å². The summed E-state index contributed by atoms with van der Waals surface area (Å²) in [5.74, 6) is 0. The summed E-state index contributed by atoms with van der Waals surface area (Å²) >= 11 is 0. The maximum Gasteiger partial charge on any atom is 0.0966 e. The molecule has 0 fully saturated rings. The molecular formula is C23H31N3. The second-order valence-electron chi connectivity index (χ2n) is 7.80. The third-order valence-electron chi connectivity index (χ3n) is 5.80. The highest BCUT2D eigenvalue weighted by molar-refractivity contribution is 5.97. The van der Waals surface area contributed by atoms with E-state index in [4.69, 9.17) is 10.7 Å². The van der Waals surface area contributed by atoms with Crippen LogP contribution in [0.3, 0.4) is 0 Å². The zero-order valence-electron chi connectivity index (χ0n) is 17.2. The van der Waals surface area contributed by atoms with Crippen LogP contribution in [0, 0.1) is 27.7 Å². The van der Waals surface area contributed by atoms with Gasteiger partial charge < -0.3 is 10.3 Å². The van der Waals surface area contributed by atoms with Gasteiger partial charge in [-0.1, -0.05) is 31.5 Å². The Labute approximate surface area is 157 Å². The lowest BCUT2D eigenvalue weighted by molar-refractivity contribution is 0.414. The zero-order chi connectivity index (χ0) is 19.2. The Morgan fingerprint density at radius 1 is 1.00 bits per heavy atom. The molecule has 0 atom stereocenters. The first-order chi connectivity index (χ1) is 12.2. The number of hydrogen-bond acceptors (Lipinski definition) is 2. The number of rotatable bonds is 4. The van der Waals surface area contributed by atoms with E-state index < -0.39 is 0 Å². The maximum absolute atomic E-state index is 6.81. The topological polar surface area (TPSA) is 43.8 Å². The molecule has 0 spiro atoms. The van der Waals surface area contributed by atoms with Gasteiger partial charge in [-0.15, -0.1) is 0 Å². The minimum Gasteiger partial charge on any atom is -0.348 e. The molecule has 0 unspecified atom stereocenters. The van der Waals surface area contributed by atoms with Crippen LogP contribution in [0.25, 0.3) is 22.2 Å². The smallest absolute Gasteiger partial charge is 0.0966 e. The second kappa shape index (κ2) is 6.55. The fourth-order valence-electron chi connectivity index (χ4n) is 4.33. The predicted molar refractivity (Wildman–Crippen MR) is 112 cm³/mol. The first-order valence-electron chi connectivity index (χ1n) is 9.56. The van der Waals surface area contributed by atoms with Crippen LogP contribution in [0.4, 0.5) is 0 Å². The minimum absolute atomic E-state index is 0.327. The summed E-state index contributed by atoms with van der Waals surface area (Å²) in [7, 11) is 2.11. The van der Waals surface area contributed by atoms with E-state index in [1.54, 1.807) is 0 Å². The van der Waals surface area contributed by atoms with Crippen molar-refractivity contribution in [3.8, 4) is 11.1 Å². The zero-order valence-corrected chi connectivity index (χ0v) is 17.2. The van der Waals surface area contributed by atoms with Gasteiger partial charge in [-0.25, -0.2) is 0 Å². The molecule has 0 bridgehead atoms. The highest BCUT2D eigenvalue weighted by atomic mass is 15.0. The van der Waals surface area contributed by atoms with Crippen LogP contribution in [-0.4, -0.2) is 9.55 Å². The van der Waals surface area contributed by atoms with Gasteiger partial charge in [0, 0.05) is 30.0 Å². The molecule has 3 rings (SSSR count). The molecule has 3 heteroatoms. The van der Waals surface area contributed by atoms with Crippen molar-refractivity contribution in [1.29, 1.82) is 0 Å². The van der Waals surface area contributed by atoms with Gasteiger partial charge in [0.1, 0.15) is 0 Å². The molecule has 3 nitrogen and oxygen atoms in total. The lowest BCUT2D eigenvalue weighted by Gasteiger charge is -2.28. The molecular weight excluding hydrogens is 318 g/mol. The van der Waals surface area contributed by atoms with Crippen LogP contribution in [0.1, 0.15) is 54.6 Å². The Morgan fingerprint density at radius 3 is 2.12 bits per heavy atom. The molecule has 2 aromatic heterocycles. The molecule has 0 aliphatic rings. The SMILES string of the molecule is CCC(N)(CC)c1cc(C)nc2c(-c3c(C)cc(C)cc3C)cn(C)c12. The van der Waals surface area contributed by atoms with Crippen molar-refractivity contribution in [2.45, 2.75) is 59.9 Å². The van der Waals surface area contributed by atoms with E-state index in [0.717, 1.165) is 29.6 Å². The molecule has 0 amide bonds. The van der Waals surface area contributed by atoms with Crippen LogP contribution in [-0.2, 0) is 12.6 Å². The van der Waals surface area contributed by atoms with Gasteiger partial charge in [0.2, 0.25) is 0 Å². The van der Waals surface area contributed by atoms with Crippen molar-refractivity contribution in [3.05, 3.63) is 52.3 Å². The Morgan fingerprint density at radius 2 is 1.58 bits per heavy atom. The summed E-state index contributed by atoms with van der Waals surface area (Å²) in [5, 5.41) is 0. The summed E-state index contributed by atoms with van der Waals surface area (Å²) in [6.45, 7) is 12.9. The highest BCUT2D eigenvalue weighted by Gasteiger charge is 2.28. The number of aryl methyl sites for hydroxylation is 5. The minimum atomic E-state index is -0.327. The predicted octanol–water partition coefficient (Wildman–Crippen LogP) is 5.45. The average Bonchev–Trinajstić information content (AvgIpc) is 2.89. The number of benzene rings is 1. The molecule has 0 radical (unpaired) electrons. The number of hydrogen-bond donors (Lipinski definition) is 1. The molecule has 0 saturated carbocycles. The molecule has 2 heterocycles. The van der Waals surface area contributed by atoms with Crippen molar-refractivity contribution < 1.29 is 0 Å². The van der Waals surface area contributed by atoms with Gasteiger partial charge >= 0.3 is 0 Å². The summed E-state index contributed by atoms with van der Waals surface area (Å²) in [6, 6.07) is 6.68. The first kappa shape index (κ1) is 18.7. The van der Waals surface area contributed by atoms with Crippen molar-refractivity contribution in [1.82, 2.24) is 9.55 Å². The van der Waals surface area contributed by atoms with Gasteiger partial charge in [-0.3, -0.25) is 4.98 Å². The molecule has 0 aliphatic heterocycles. The lowest BCUT2D eigenvalue weighted by atomic mass is 9.84. The summed E-state index contributed by atoms with van der Waals surface area (Å²) in [6.07, 6.45) is 4.04. The van der Waals surface area contributed by atoms with Gasteiger partial charge in [-0.05, 0) is 68.9 Å². The molecule has 0 aliphatic carbocycles. The standard InChI is InChI=1S/C23H31N3/c1-8-23(24,9-2)19-12-17(6)25-21-18(13-26(7)22(19)21)20-15(4)10-14(3)11-16(20)5/h10-13H,8-9,24H2,1-7H3. The van der Waals surface area contributed by atoms with E-state index in [-0.39, 0.29) is 5.54 Å². The van der Waals surface area contributed by atoms with E-state index in [2.05, 4.69) is 77.6 Å². The largest absolute Gasteiger partial charge is 0.348 e. The quantitative estimate of drug-likeness (QED) is 0.681. The van der Waals surface area contributed by atoms with Crippen LogP contribution in [0.5, 0.6) is 0 Å². The Hall–Kier alpha value is -2.13. The highest BCUT2D eigenvalue weighted by Crippen LogP contribution is 2.39. The fourth-order valence-corrected chi connectivity index (χ4v) is 4.33. The molecule has 3 aromatic rings. The molecule has 1 aromatic carbocycles. The maximum atomic E-state index is 6.81. The fraction of sp³-hybridized carbons (Fsp3) is 0.435. The number of nitrogens with zero attached hydrogens (tertiary/aromatic N) is 2. The Balaban J connectivity index is 2.41. The number of nitrogens with two attached hydrogens (primary N) is 1. The van der Waals surface area contributed by atoms with Crippen molar-refractivity contribution in [3.63, 3.8) is 0 Å². The molecule has 0 saturated heterocycles. The summed E-state index contributed by atoms with van der Waals surface area (Å²) in [5.41, 5.74) is 17.3. The van der Waals surface area contributed by atoms with Gasteiger partial charge in [0.15, 0.2) is 0 Å². The third kappa shape index (κ3) is 2.84. The summed E-state index contributed by atoms with van der Waals surface area (Å²) in [4.78, 5) is 4.94. The van der Waals surface area contributed by atoms with Crippen LogP contribution in [0.15, 0.2) is 24.4 Å². The molecule has 138 valence electrons. The first-order valence-corrected chi connectivity index (χ1v) is 9.56. The van der Waals surface area contributed by atoms with E-state index in [0.29, 0.717) is 0 Å². The third-order valence-corrected chi connectivity index (χ3v) is 5.80. The van der Waals surface area contributed by atoms with E-state index in [9.17, 15) is 0 Å². The summed E-state index contributed by atoms with van der Waals surface area (Å²) < 4.78 is 2.21.